The molecule has 20 heavy (non-hydrogen) atoms. The van der Waals surface area contributed by atoms with Crippen LogP contribution in [0.4, 0.5) is 11.6 Å². The van der Waals surface area contributed by atoms with Gasteiger partial charge in [0.05, 0.1) is 0 Å². The van der Waals surface area contributed by atoms with Crippen LogP contribution in [0.3, 0.4) is 0 Å². The fraction of sp³-hybridized carbons (Fsp3) is 0.750. The molecule has 1 aromatic rings. The Morgan fingerprint density at radius 3 is 2.50 bits per heavy atom. The molecule has 0 amide bonds. The first-order valence-electron chi connectivity index (χ1n) is 7.99. The van der Waals surface area contributed by atoms with E-state index in [1.165, 1.54) is 24.8 Å². The fourth-order valence-corrected chi connectivity index (χ4v) is 3.06. The number of nitrogens with zero attached hydrogens (tertiary/aromatic N) is 2. The van der Waals surface area contributed by atoms with E-state index >= 15 is 0 Å². The number of anilines is 2. The van der Waals surface area contributed by atoms with Gasteiger partial charge < -0.3 is 10.6 Å². The molecular weight excluding hydrogens is 248 g/mol. The molecule has 4 nitrogen and oxygen atoms in total. The molecule has 4 heteroatoms. The van der Waals surface area contributed by atoms with Crippen molar-refractivity contribution in [1.82, 2.24) is 9.97 Å². The third-order valence-electron chi connectivity index (χ3n) is 4.58. The Labute approximate surface area is 122 Å². The summed E-state index contributed by atoms with van der Waals surface area (Å²) in [5.41, 5.74) is 1.21. The second-order valence-electron chi connectivity index (χ2n) is 6.04. The minimum atomic E-state index is 0.552. The van der Waals surface area contributed by atoms with Crippen LogP contribution in [0.15, 0.2) is 6.33 Å². The van der Waals surface area contributed by atoms with E-state index < -0.39 is 0 Å². The molecule has 1 heterocycles. The van der Waals surface area contributed by atoms with Gasteiger partial charge in [0, 0.05) is 18.2 Å². The summed E-state index contributed by atoms with van der Waals surface area (Å²) in [6, 6.07) is 0.552. The summed E-state index contributed by atoms with van der Waals surface area (Å²) in [6.45, 7) is 9.88. The van der Waals surface area contributed by atoms with Gasteiger partial charge in [0.25, 0.3) is 0 Å². The molecule has 0 radical (unpaired) electrons. The van der Waals surface area contributed by atoms with Gasteiger partial charge in [0.1, 0.15) is 18.0 Å². The maximum absolute atomic E-state index is 4.47. The van der Waals surface area contributed by atoms with E-state index in [2.05, 4.69) is 48.3 Å². The van der Waals surface area contributed by atoms with E-state index in [1.54, 1.807) is 6.33 Å². The van der Waals surface area contributed by atoms with Crippen LogP contribution in [0.1, 0.15) is 52.5 Å². The van der Waals surface area contributed by atoms with Crippen molar-refractivity contribution in [3.63, 3.8) is 0 Å². The molecule has 0 bridgehead atoms. The summed E-state index contributed by atoms with van der Waals surface area (Å²) in [5, 5.41) is 6.99. The molecule has 1 aliphatic carbocycles. The third kappa shape index (κ3) is 3.41. The van der Waals surface area contributed by atoms with Gasteiger partial charge in [-0.25, -0.2) is 9.97 Å². The van der Waals surface area contributed by atoms with E-state index in [-0.39, 0.29) is 0 Å². The average Bonchev–Trinajstić information content (AvgIpc) is 2.44. The molecule has 0 saturated heterocycles. The van der Waals surface area contributed by atoms with E-state index in [9.17, 15) is 0 Å². The van der Waals surface area contributed by atoms with Crippen molar-refractivity contribution in [3.8, 4) is 0 Å². The Bertz CT molecular complexity index is 432. The predicted octanol–water partition coefficient (Wildman–Crippen LogP) is 3.71. The van der Waals surface area contributed by atoms with Gasteiger partial charge in [-0.1, -0.05) is 20.8 Å². The summed E-state index contributed by atoms with van der Waals surface area (Å²) in [4.78, 5) is 8.83. The van der Waals surface area contributed by atoms with Crippen molar-refractivity contribution in [3.05, 3.63) is 11.9 Å². The number of rotatable bonds is 5. The Kier molecular flexibility index (Phi) is 5.21. The van der Waals surface area contributed by atoms with Gasteiger partial charge >= 0.3 is 0 Å². The van der Waals surface area contributed by atoms with Crippen molar-refractivity contribution in [2.75, 3.05) is 17.2 Å². The number of nitrogens with one attached hydrogen (secondary N) is 2. The van der Waals surface area contributed by atoms with Gasteiger partial charge in [-0.3, -0.25) is 0 Å². The van der Waals surface area contributed by atoms with Gasteiger partial charge in [-0.15, -0.1) is 0 Å². The van der Waals surface area contributed by atoms with Crippen molar-refractivity contribution in [2.45, 2.75) is 59.4 Å². The van der Waals surface area contributed by atoms with Gasteiger partial charge in [0.2, 0.25) is 0 Å². The molecule has 3 atom stereocenters. The van der Waals surface area contributed by atoms with E-state index in [0.717, 1.165) is 36.4 Å². The zero-order chi connectivity index (χ0) is 14.5. The monoisotopic (exact) mass is 276 g/mol. The predicted molar refractivity (Wildman–Crippen MR) is 85.2 cm³/mol. The fourth-order valence-electron chi connectivity index (χ4n) is 3.06. The van der Waals surface area contributed by atoms with E-state index in [1.807, 2.05) is 0 Å². The molecular formula is C16H28N4. The highest BCUT2D eigenvalue weighted by atomic mass is 15.1. The SMILES string of the molecule is CCNc1ncnc(NC2CCC(C)C(C)C2)c1CC. The van der Waals surface area contributed by atoms with Crippen LogP contribution in [-0.2, 0) is 6.42 Å². The van der Waals surface area contributed by atoms with Crippen molar-refractivity contribution >= 4 is 11.6 Å². The smallest absolute Gasteiger partial charge is 0.134 e. The van der Waals surface area contributed by atoms with E-state index in [0.29, 0.717) is 6.04 Å². The number of hydrogen-bond acceptors (Lipinski definition) is 4. The first-order chi connectivity index (χ1) is 9.65. The lowest BCUT2D eigenvalue weighted by Crippen LogP contribution is -2.31. The van der Waals surface area contributed by atoms with Gasteiger partial charge in [-0.2, -0.15) is 0 Å². The summed E-state index contributed by atoms with van der Waals surface area (Å²) in [7, 11) is 0. The maximum Gasteiger partial charge on any atom is 0.134 e. The zero-order valence-electron chi connectivity index (χ0n) is 13.2. The van der Waals surface area contributed by atoms with Crippen LogP contribution in [0.2, 0.25) is 0 Å². The largest absolute Gasteiger partial charge is 0.370 e. The topological polar surface area (TPSA) is 49.8 Å². The quantitative estimate of drug-likeness (QED) is 0.861. The highest BCUT2D eigenvalue weighted by Gasteiger charge is 2.25. The third-order valence-corrected chi connectivity index (χ3v) is 4.58. The molecule has 2 rings (SSSR count). The van der Waals surface area contributed by atoms with E-state index in [4.69, 9.17) is 0 Å². The first-order valence-corrected chi connectivity index (χ1v) is 7.99. The minimum absolute atomic E-state index is 0.552. The summed E-state index contributed by atoms with van der Waals surface area (Å²) in [5.74, 6) is 3.64. The summed E-state index contributed by atoms with van der Waals surface area (Å²) >= 11 is 0. The van der Waals surface area contributed by atoms with Crippen LogP contribution in [0.5, 0.6) is 0 Å². The molecule has 0 aromatic carbocycles. The molecule has 0 aliphatic heterocycles. The van der Waals surface area contributed by atoms with Crippen molar-refractivity contribution in [2.24, 2.45) is 11.8 Å². The van der Waals surface area contributed by atoms with Crippen molar-refractivity contribution in [1.29, 1.82) is 0 Å². The molecule has 1 aliphatic rings. The Balaban J connectivity index is 2.10. The van der Waals surface area contributed by atoms with Crippen LogP contribution in [-0.4, -0.2) is 22.6 Å². The average molecular weight is 276 g/mol. The number of aromatic nitrogens is 2. The summed E-state index contributed by atoms with van der Waals surface area (Å²) in [6.07, 6.45) is 6.41. The number of hydrogen-bond donors (Lipinski definition) is 2. The van der Waals surface area contributed by atoms with Crippen molar-refractivity contribution < 1.29 is 0 Å². The standard InChI is InChI=1S/C16H28N4/c1-5-14-15(17-6-2)18-10-19-16(14)20-13-8-7-11(3)12(4)9-13/h10-13H,5-9H2,1-4H3,(H2,17,18,19,20). The molecule has 0 spiro atoms. The van der Waals surface area contributed by atoms with Gasteiger partial charge in [-0.05, 0) is 44.4 Å². The zero-order valence-corrected chi connectivity index (χ0v) is 13.2. The van der Waals surface area contributed by atoms with Gasteiger partial charge in [0.15, 0.2) is 0 Å². The highest BCUT2D eigenvalue weighted by Crippen LogP contribution is 2.32. The Morgan fingerprint density at radius 2 is 1.85 bits per heavy atom. The first kappa shape index (κ1) is 15.1. The Hall–Kier alpha value is -1.32. The molecule has 1 fully saturated rings. The molecule has 3 unspecified atom stereocenters. The second-order valence-corrected chi connectivity index (χ2v) is 6.04. The maximum atomic E-state index is 4.47. The lowest BCUT2D eigenvalue weighted by molar-refractivity contribution is 0.260. The lowest BCUT2D eigenvalue weighted by Gasteiger charge is -2.33. The van der Waals surface area contributed by atoms with Crippen LogP contribution in [0.25, 0.3) is 0 Å². The summed E-state index contributed by atoms with van der Waals surface area (Å²) < 4.78 is 0. The molecule has 112 valence electrons. The normalized spacial score (nSPS) is 26.3. The van der Waals surface area contributed by atoms with Crippen LogP contribution < -0.4 is 10.6 Å². The molecule has 1 aromatic heterocycles. The van der Waals surface area contributed by atoms with Crippen LogP contribution >= 0.6 is 0 Å². The lowest BCUT2D eigenvalue weighted by atomic mass is 9.79. The highest BCUT2D eigenvalue weighted by molar-refractivity contribution is 5.57. The molecule has 2 N–H and O–H groups in total. The Morgan fingerprint density at radius 1 is 1.10 bits per heavy atom. The second kappa shape index (κ2) is 6.91. The van der Waals surface area contributed by atoms with Crippen LogP contribution in [0, 0.1) is 11.8 Å². The molecule has 1 saturated carbocycles. The minimum Gasteiger partial charge on any atom is -0.370 e.